The Hall–Kier alpha value is -2.63. The minimum atomic E-state index is -1.12. The van der Waals surface area contributed by atoms with Crippen molar-refractivity contribution in [1.29, 1.82) is 0 Å². The molecule has 0 spiro atoms. The van der Waals surface area contributed by atoms with E-state index in [1.54, 1.807) is 13.0 Å². The van der Waals surface area contributed by atoms with Gasteiger partial charge < -0.3 is 29.7 Å². The number of esters is 1. The molecular weight excluding hydrogens is 438 g/mol. The number of methoxy groups -OCH3 is 1. The molecule has 0 aromatic carbocycles. The Bertz CT molecular complexity index is 1000. The number of carbonyl (C=O) groups is 3. The summed E-state index contributed by atoms with van der Waals surface area (Å²) in [4.78, 5) is 37.9. The second-order valence-corrected chi connectivity index (χ2v) is 9.57. The number of β-lactam (4-membered cyclic amide) rings is 1. The van der Waals surface area contributed by atoms with Crippen LogP contribution in [0, 0.1) is 11.8 Å². The van der Waals surface area contributed by atoms with Crippen LogP contribution in [-0.4, -0.2) is 75.2 Å². The summed E-state index contributed by atoms with van der Waals surface area (Å²) in [6, 6.07) is 1.22. The molecule has 0 bridgehead atoms. The minimum absolute atomic E-state index is 0.0358. The fourth-order valence-electron chi connectivity index (χ4n) is 4.61. The van der Waals surface area contributed by atoms with Crippen molar-refractivity contribution in [1.82, 2.24) is 15.4 Å². The Kier molecular flexibility index (Phi) is 6.15. The van der Waals surface area contributed by atoms with Gasteiger partial charge in [-0.2, -0.15) is 0 Å². The van der Waals surface area contributed by atoms with E-state index in [0.29, 0.717) is 17.2 Å². The number of aliphatic hydroxyl groups is 1. The van der Waals surface area contributed by atoms with Gasteiger partial charge >= 0.3 is 11.9 Å². The highest BCUT2D eigenvalue weighted by atomic mass is 32.2. The molecule has 10 nitrogen and oxygen atoms in total. The SMILES string of the molecule is COC(=O)c1cc(/C=C\[C@@H]2C[C@H](SC3=C(C(=O)O)N4C(=O)[C@H]([C@@H](C)O)[C@H]4[C@H]3C)CN2)on1. The number of nitrogens with zero attached hydrogens (tertiary/aromatic N) is 2. The average Bonchev–Trinajstić information content (AvgIpc) is 3.44. The number of hydrogen-bond acceptors (Lipinski definition) is 9. The van der Waals surface area contributed by atoms with Crippen LogP contribution in [0.25, 0.3) is 6.08 Å². The summed E-state index contributed by atoms with van der Waals surface area (Å²) in [6.45, 7) is 4.16. The second kappa shape index (κ2) is 8.72. The summed E-state index contributed by atoms with van der Waals surface area (Å²) in [5.41, 5.74) is 0.142. The first-order valence-corrected chi connectivity index (χ1v) is 11.2. The molecule has 1 aromatic heterocycles. The molecule has 11 heteroatoms. The molecule has 0 radical (unpaired) electrons. The van der Waals surface area contributed by atoms with E-state index in [0.717, 1.165) is 6.42 Å². The molecule has 4 rings (SSSR count). The fraction of sp³-hybridized carbons (Fsp3) is 0.524. The number of ether oxygens (including phenoxy) is 1. The van der Waals surface area contributed by atoms with Crippen LogP contribution in [0.15, 0.2) is 27.3 Å². The van der Waals surface area contributed by atoms with Gasteiger partial charge in [-0.1, -0.05) is 18.2 Å². The summed E-state index contributed by atoms with van der Waals surface area (Å²) >= 11 is 1.49. The number of aliphatic carboxylic acids is 1. The first-order chi connectivity index (χ1) is 15.2. The number of nitrogens with one attached hydrogen (secondary N) is 1. The van der Waals surface area contributed by atoms with Crippen molar-refractivity contribution >= 4 is 35.7 Å². The van der Waals surface area contributed by atoms with Gasteiger partial charge in [0.05, 0.1) is 25.2 Å². The van der Waals surface area contributed by atoms with Crippen molar-refractivity contribution in [3.05, 3.63) is 34.2 Å². The zero-order valence-electron chi connectivity index (χ0n) is 17.8. The smallest absolute Gasteiger partial charge is 0.360 e. The molecule has 32 heavy (non-hydrogen) atoms. The highest BCUT2D eigenvalue weighted by Gasteiger charge is 2.60. The van der Waals surface area contributed by atoms with E-state index >= 15 is 0 Å². The lowest BCUT2D eigenvalue weighted by molar-refractivity contribution is -0.163. The van der Waals surface area contributed by atoms with E-state index in [1.807, 2.05) is 13.0 Å². The van der Waals surface area contributed by atoms with Crippen molar-refractivity contribution in [3.63, 3.8) is 0 Å². The molecule has 4 heterocycles. The zero-order valence-corrected chi connectivity index (χ0v) is 18.7. The van der Waals surface area contributed by atoms with E-state index in [4.69, 9.17) is 4.52 Å². The van der Waals surface area contributed by atoms with Crippen LogP contribution in [0.1, 0.15) is 36.5 Å². The van der Waals surface area contributed by atoms with Gasteiger partial charge in [0.1, 0.15) is 5.70 Å². The van der Waals surface area contributed by atoms with Crippen LogP contribution in [0.5, 0.6) is 0 Å². The molecule has 6 atom stereocenters. The van der Waals surface area contributed by atoms with Crippen LogP contribution in [-0.2, 0) is 14.3 Å². The summed E-state index contributed by atoms with van der Waals surface area (Å²) in [5.74, 6) is -2.30. The quantitative estimate of drug-likeness (QED) is 0.397. The van der Waals surface area contributed by atoms with E-state index in [-0.39, 0.29) is 40.5 Å². The van der Waals surface area contributed by atoms with Crippen LogP contribution >= 0.6 is 11.8 Å². The van der Waals surface area contributed by atoms with Gasteiger partial charge in [-0.15, -0.1) is 11.8 Å². The highest BCUT2D eigenvalue weighted by molar-refractivity contribution is 8.03. The summed E-state index contributed by atoms with van der Waals surface area (Å²) < 4.78 is 9.70. The normalized spacial score (nSPS) is 30.6. The van der Waals surface area contributed by atoms with Gasteiger partial charge in [0.25, 0.3) is 0 Å². The zero-order chi connectivity index (χ0) is 23.2. The van der Waals surface area contributed by atoms with Crippen molar-refractivity contribution < 1.29 is 33.9 Å². The highest BCUT2D eigenvalue weighted by Crippen LogP contribution is 2.51. The van der Waals surface area contributed by atoms with Gasteiger partial charge in [0.2, 0.25) is 5.91 Å². The Balaban J connectivity index is 1.42. The minimum Gasteiger partial charge on any atom is -0.477 e. The molecule has 0 aliphatic carbocycles. The van der Waals surface area contributed by atoms with Crippen LogP contribution in [0.2, 0.25) is 0 Å². The number of aliphatic hydroxyl groups excluding tert-OH is 1. The maximum absolute atomic E-state index is 12.5. The molecule has 0 unspecified atom stereocenters. The van der Waals surface area contributed by atoms with Crippen molar-refractivity contribution in [2.24, 2.45) is 11.8 Å². The fourth-order valence-corrected chi connectivity index (χ4v) is 6.10. The number of thioether (sulfide) groups is 1. The molecule has 2 saturated heterocycles. The molecule has 0 saturated carbocycles. The molecule has 1 aromatic rings. The first-order valence-electron chi connectivity index (χ1n) is 10.3. The second-order valence-electron chi connectivity index (χ2n) is 8.23. The Labute approximate surface area is 188 Å². The monoisotopic (exact) mass is 463 g/mol. The first kappa shape index (κ1) is 22.6. The molecule has 3 aliphatic rings. The molecule has 2 fully saturated rings. The van der Waals surface area contributed by atoms with Crippen LogP contribution in [0.4, 0.5) is 0 Å². The number of rotatable bonds is 7. The summed E-state index contributed by atoms with van der Waals surface area (Å²) in [5, 5.41) is 26.9. The molecule has 172 valence electrons. The predicted octanol–water partition coefficient (Wildman–Crippen LogP) is 1.09. The van der Waals surface area contributed by atoms with Gasteiger partial charge in [0.15, 0.2) is 11.5 Å². The van der Waals surface area contributed by atoms with Gasteiger partial charge in [-0.25, -0.2) is 9.59 Å². The third kappa shape index (κ3) is 3.84. The number of carboxylic acid groups (broad SMARTS) is 1. The number of carboxylic acids is 1. The van der Waals surface area contributed by atoms with Gasteiger partial charge in [-0.05, 0) is 19.4 Å². The molecule has 1 amide bonds. The van der Waals surface area contributed by atoms with Gasteiger partial charge in [0, 0.05) is 34.7 Å². The van der Waals surface area contributed by atoms with Crippen LogP contribution < -0.4 is 5.32 Å². The third-order valence-corrected chi connectivity index (χ3v) is 7.66. The Morgan fingerprint density at radius 2 is 2.22 bits per heavy atom. The Morgan fingerprint density at radius 1 is 1.47 bits per heavy atom. The number of carbonyl (C=O) groups excluding carboxylic acids is 2. The number of fused-ring (bicyclic) bond motifs is 1. The number of aromatic nitrogens is 1. The van der Waals surface area contributed by atoms with Crippen LogP contribution in [0.3, 0.4) is 0 Å². The lowest BCUT2D eigenvalue weighted by Crippen LogP contribution is -2.63. The maximum atomic E-state index is 12.5. The predicted molar refractivity (Wildman–Crippen MR) is 114 cm³/mol. The van der Waals surface area contributed by atoms with Crippen molar-refractivity contribution in [3.8, 4) is 0 Å². The standard InChI is InChI=1S/C21H25N3O7S/c1-9-16-15(10(2)25)19(26)24(16)17(20(27)28)18(9)32-13-6-11(22-8-13)4-5-12-7-14(23-31-12)21(29)30-3/h4-5,7,9-11,13,15-16,22,25H,6,8H2,1-3H3,(H,27,28)/b5-4-/t9-,10-,11-,13+,15-,16-/m1/s1. The lowest BCUT2D eigenvalue weighted by atomic mass is 9.79. The number of hydrogen-bond donors (Lipinski definition) is 3. The molecule has 3 aliphatic heterocycles. The maximum Gasteiger partial charge on any atom is 0.360 e. The topological polar surface area (TPSA) is 142 Å². The molecule has 3 N–H and O–H groups in total. The Morgan fingerprint density at radius 3 is 2.88 bits per heavy atom. The number of amides is 1. The van der Waals surface area contributed by atoms with Gasteiger partial charge in [-0.3, -0.25) is 4.79 Å². The van der Waals surface area contributed by atoms with E-state index in [2.05, 4.69) is 15.2 Å². The van der Waals surface area contributed by atoms with E-state index in [1.165, 1.54) is 29.8 Å². The lowest BCUT2D eigenvalue weighted by Gasteiger charge is -2.46. The van der Waals surface area contributed by atoms with Crippen molar-refractivity contribution in [2.75, 3.05) is 13.7 Å². The van der Waals surface area contributed by atoms with Crippen molar-refractivity contribution in [2.45, 2.75) is 43.7 Å². The molecular formula is C21H25N3O7S. The summed E-state index contributed by atoms with van der Waals surface area (Å²) in [6.07, 6.45) is 3.57. The average molecular weight is 464 g/mol. The largest absolute Gasteiger partial charge is 0.477 e. The van der Waals surface area contributed by atoms with E-state index in [9.17, 15) is 24.6 Å². The van der Waals surface area contributed by atoms with E-state index < -0.39 is 24.0 Å². The summed E-state index contributed by atoms with van der Waals surface area (Å²) in [7, 11) is 1.27. The third-order valence-electron chi connectivity index (χ3n) is 6.14.